The molecule has 1 aromatic carbocycles. The number of carbonyl (C=O) groups is 1. The third kappa shape index (κ3) is 1.96. The minimum absolute atomic E-state index is 0.0461. The first-order valence-electron chi connectivity index (χ1n) is 9.95. The Hall–Kier alpha value is -2.01. The van der Waals surface area contributed by atoms with Crippen LogP contribution >= 0.6 is 0 Å². The molecule has 5 atom stereocenters. The first-order chi connectivity index (χ1) is 13.1. The molecule has 0 radical (unpaired) electrons. The van der Waals surface area contributed by atoms with Gasteiger partial charge in [0.25, 0.3) is 0 Å². The number of rotatable bonds is 2. The predicted molar refractivity (Wildman–Crippen MR) is 104 cm³/mol. The second-order valence-corrected chi connectivity index (χ2v) is 8.47. The van der Waals surface area contributed by atoms with E-state index in [0.717, 1.165) is 31.7 Å². The number of hydrogen-bond donors (Lipinski definition) is 0. The Kier molecular flexibility index (Phi) is 3.64. The Morgan fingerprint density at radius 1 is 1.33 bits per heavy atom. The molecule has 1 saturated carbocycles. The molecule has 3 bridgehead atoms. The summed E-state index contributed by atoms with van der Waals surface area (Å²) < 4.78 is 10.9. The third-order valence-corrected chi connectivity index (χ3v) is 7.82. The van der Waals surface area contributed by atoms with E-state index in [9.17, 15) is 4.79 Å². The Morgan fingerprint density at radius 2 is 2.15 bits per heavy atom. The van der Waals surface area contributed by atoms with Crippen molar-refractivity contribution < 1.29 is 14.3 Å². The van der Waals surface area contributed by atoms with Crippen molar-refractivity contribution in [2.45, 2.75) is 37.3 Å². The summed E-state index contributed by atoms with van der Waals surface area (Å²) in [5.41, 5.74) is 3.74. The Labute approximate surface area is 160 Å². The number of benzene rings is 1. The lowest BCUT2D eigenvalue weighted by Gasteiger charge is -2.63. The summed E-state index contributed by atoms with van der Waals surface area (Å²) in [5, 5.41) is 0. The number of anilines is 1. The van der Waals surface area contributed by atoms with Crippen LogP contribution in [0.1, 0.15) is 25.3 Å². The highest BCUT2D eigenvalue weighted by molar-refractivity contribution is 5.80. The van der Waals surface area contributed by atoms with Crippen molar-refractivity contribution in [3.8, 4) is 5.75 Å². The van der Waals surface area contributed by atoms with E-state index in [0.29, 0.717) is 12.1 Å². The lowest BCUT2D eigenvalue weighted by atomic mass is 9.50. The molecule has 5 nitrogen and oxygen atoms in total. The van der Waals surface area contributed by atoms with Crippen LogP contribution in [-0.2, 0) is 14.9 Å². The number of likely N-dealkylation sites (N-methyl/N-ethyl adjacent to an activating group) is 1. The monoisotopic (exact) mass is 368 g/mol. The predicted octanol–water partition coefficient (Wildman–Crippen LogP) is 2.59. The molecule has 3 heterocycles. The molecule has 0 amide bonds. The molecule has 1 aromatic rings. The number of esters is 1. The summed E-state index contributed by atoms with van der Waals surface area (Å²) in [4.78, 5) is 18.2. The molecule has 3 fully saturated rings. The molecule has 0 spiro atoms. The average Bonchev–Trinajstić information content (AvgIpc) is 2.96. The number of ether oxygens (including phenoxy) is 2. The van der Waals surface area contributed by atoms with Gasteiger partial charge in [-0.3, -0.25) is 9.69 Å². The SMILES string of the molecule is CC=C1CN2CC[C@@]34c5ccc(OC)cc5N(C)[C@H]3[C@@H]2C[C@@H]1[C@@H]4C(=O)OC. The molecule has 5 rings (SSSR count). The molecule has 0 aromatic heterocycles. The van der Waals surface area contributed by atoms with Crippen molar-refractivity contribution in [2.75, 3.05) is 39.3 Å². The third-order valence-electron chi connectivity index (χ3n) is 7.82. The minimum atomic E-state index is -0.178. The molecule has 3 aliphatic heterocycles. The van der Waals surface area contributed by atoms with Crippen LogP contribution in [0.5, 0.6) is 5.75 Å². The van der Waals surface area contributed by atoms with Gasteiger partial charge in [-0.25, -0.2) is 0 Å². The van der Waals surface area contributed by atoms with Crippen LogP contribution in [0, 0.1) is 11.8 Å². The van der Waals surface area contributed by atoms with E-state index in [-0.39, 0.29) is 23.2 Å². The highest BCUT2D eigenvalue weighted by Crippen LogP contribution is 2.63. The average molecular weight is 368 g/mol. The van der Waals surface area contributed by atoms with Gasteiger partial charge in [-0.05, 0) is 43.9 Å². The van der Waals surface area contributed by atoms with E-state index < -0.39 is 0 Å². The lowest BCUT2D eigenvalue weighted by molar-refractivity contribution is -0.158. The molecule has 2 saturated heterocycles. The van der Waals surface area contributed by atoms with E-state index in [1.165, 1.54) is 16.8 Å². The van der Waals surface area contributed by atoms with E-state index >= 15 is 0 Å². The summed E-state index contributed by atoms with van der Waals surface area (Å²) in [7, 11) is 5.44. The Bertz CT molecular complexity index is 835. The van der Waals surface area contributed by atoms with E-state index in [1.54, 1.807) is 14.2 Å². The fourth-order valence-electron chi connectivity index (χ4n) is 6.82. The maximum Gasteiger partial charge on any atom is 0.310 e. The summed E-state index contributed by atoms with van der Waals surface area (Å²) in [6.45, 7) is 4.14. The second kappa shape index (κ2) is 5.74. The minimum Gasteiger partial charge on any atom is -0.497 e. The quantitative estimate of drug-likeness (QED) is 0.593. The fraction of sp³-hybridized carbons (Fsp3) is 0.591. The molecule has 27 heavy (non-hydrogen) atoms. The summed E-state index contributed by atoms with van der Waals surface area (Å²) in [6, 6.07) is 7.18. The molecule has 0 N–H and O–H groups in total. The van der Waals surface area contributed by atoms with Crippen LogP contribution in [0.2, 0.25) is 0 Å². The van der Waals surface area contributed by atoms with Crippen LogP contribution in [0.25, 0.3) is 0 Å². The highest BCUT2D eigenvalue weighted by Gasteiger charge is 2.68. The van der Waals surface area contributed by atoms with Crippen LogP contribution < -0.4 is 9.64 Å². The topological polar surface area (TPSA) is 42.0 Å². The number of carbonyl (C=O) groups excluding carboxylic acids is 1. The van der Waals surface area contributed by atoms with Crippen molar-refractivity contribution in [1.82, 2.24) is 4.90 Å². The van der Waals surface area contributed by atoms with Gasteiger partial charge in [0.1, 0.15) is 5.75 Å². The molecular formula is C22H28N2O3. The van der Waals surface area contributed by atoms with Gasteiger partial charge in [0.2, 0.25) is 0 Å². The zero-order valence-electron chi connectivity index (χ0n) is 16.6. The van der Waals surface area contributed by atoms with Crippen molar-refractivity contribution in [1.29, 1.82) is 0 Å². The van der Waals surface area contributed by atoms with E-state index in [2.05, 4.69) is 42.0 Å². The fourth-order valence-corrected chi connectivity index (χ4v) is 6.82. The van der Waals surface area contributed by atoms with Gasteiger partial charge >= 0.3 is 5.97 Å². The van der Waals surface area contributed by atoms with Crippen LogP contribution in [0.4, 0.5) is 5.69 Å². The van der Waals surface area contributed by atoms with Gasteiger partial charge < -0.3 is 14.4 Å². The maximum atomic E-state index is 13.2. The number of allylic oxidation sites excluding steroid dienone is 1. The van der Waals surface area contributed by atoms with Crippen LogP contribution in [0.3, 0.4) is 0 Å². The Balaban J connectivity index is 1.76. The van der Waals surface area contributed by atoms with Gasteiger partial charge in [0.05, 0.1) is 26.2 Å². The van der Waals surface area contributed by atoms with Crippen LogP contribution in [0.15, 0.2) is 29.8 Å². The maximum absolute atomic E-state index is 13.2. The van der Waals surface area contributed by atoms with Crippen molar-refractivity contribution >= 4 is 11.7 Å². The molecule has 4 aliphatic rings. The molecule has 0 unspecified atom stereocenters. The first-order valence-corrected chi connectivity index (χ1v) is 9.95. The normalized spacial score (nSPS) is 37.9. The second-order valence-electron chi connectivity index (χ2n) is 8.47. The first kappa shape index (κ1) is 17.1. The van der Waals surface area contributed by atoms with Crippen molar-refractivity contribution in [3.05, 3.63) is 35.4 Å². The number of methoxy groups -OCH3 is 2. The van der Waals surface area contributed by atoms with Gasteiger partial charge in [-0.15, -0.1) is 0 Å². The lowest BCUT2D eigenvalue weighted by Crippen LogP contribution is -2.72. The number of hydrogen-bond acceptors (Lipinski definition) is 5. The zero-order valence-corrected chi connectivity index (χ0v) is 16.6. The molecule has 5 heteroatoms. The molecular weight excluding hydrogens is 340 g/mol. The summed E-state index contributed by atoms with van der Waals surface area (Å²) in [6.07, 6.45) is 4.28. The largest absolute Gasteiger partial charge is 0.497 e. The number of nitrogens with zero attached hydrogens (tertiary/aromatic N) is 2. The molecule has 144 valence electrons. The summed E-state index contributed by atoms with van der Waals surface area (Å²) >= 11 is 0. The zero-order chi connectivity index (χ0) is 18.9. The van der Waals surface area contributed by atoms with Crippen LogP contribution in [-0.4, -0.2) is 57.3 Å². The smallest absolute Gasteiger partial charge is 0.310 e. The van der Waals surface area contributed by atoms with Gasteiger partial charge in [-0.2, -0.15) is 0 Å². The van der Waals surface area contributed by atoms with Gasteiger partial charge in [-0.1, -0.05) is 17.7 Å². The van der Waals surface area contributed by atoms with Crippen molar-refractivity contribution in [2.24, 2.45) is 11.8 Å². The highest BCUT2D eigenvalue weighted by atomic mass is 16.5. The summed E-state index contributed by atoms with van der Waals surface area (Å²) in [5.74, 6) is 0.989. The molecule has 1 aliphatic carbocycles. The van der Waals surface area contributed by atoms with E-state index in [1.807, 2.05) is 6.07 Å². The number of piperidine rings is 2. The van der Waals surface area contributed by atoms with E-state index in [4.69, 9.17) is 9.47 Å². The van der Waals surface area contributed by atoms with Gasteiger partial charge in [0.15, 0.2) is 0 Å². The van der Waals surface area contributed by atoms with Crippen molar-refractivity contribution in [3.63, 3.8) is 0 Å². The standard InChI is InChI=1S/C22H28N2O3/c1-5-13-12-24-9-8-22-16-7-6-14(26-3)10-17(16)23(2)20(22)18(24)11-15(13)19(22)21(25)27-4/h5-7,10,15,18-20H,8-9,11-12H2,1-4H3/t15-,18-,19+,20-,22-/m0/s1. The Morgan fingerprint density at radius 3 is 2.85 bits per heavy atom. The number of fused-ring (bicyclic) bond motifs is 2. The van der Waals surface area contributed by atoms with Gasteiger partial charge in [0, 0.05) is 36.8 Å².